The summed E-state index contributed by atoms with van der Waals surface area (Å²) in [6, 6.07) is 18.2. The Morgan fingerprint density at radius 3 is 2.48 bits per heavy atom. The van der Waals surface area contributed by atoms with E-state index >= 15 is 0 Å². The summed E-state index contributed by atoms with van der Waals surface area (Å²) in [6.07, 6.45) is 2.28. The Labute approximate surface area is 136 Å². The van der Waals surface area contributed by atoms with Crippen LogP contribution in [-0.2, 0) is 10.0 Å². The lowest BCUT2D eigenvalue weighted by molar-refractivity contribution is 0.551. The summed E-state index contributed by atoms with van der Waals surface area (Å²) in [5.74, 6) is 0. The largest absolute Gasteiger partial charge is 0.255 e. The Kier molecular flexibility index (Phi) is 4.41. The summed E-state index contributed by atoms with van der Waals surface area (Å²) in [4.78, 5) is 4.45. The van der Waals surface area contributed by atoms with E-state index in [0.29, 0.717) is 11.9 Å². The average molecular weight is 326 g/mol. The molecule has 118 valence electrons. The molecule has 1 heterocycles. The first-order chi connectivity index (χ1) is 11.1. The Balaban J connectivity index is 2.01. The highest BCUT2D eigenvalue weighted by Gasteiger charge is 2.22. The summed E-state index contributed by atoms with van der Waals surface area (Å²) in [5.41, 5.74) is 1.44. The van der Waals surface area contributed by atoms with Crippen molar-refractivity contribution in [2.24, 2.45) is 0 Å². The molecule has 1 unspecified atom stereocenters. The Morgan fingerprint density at radius 1 is 1.00 bits per heavy atom. The maximum Gasteiger partial charge on any atom is 0.243 e. The van der Waals surface area contributed by atoms with E-state index in [2.05, 4.69) is 9.71 Å². The molecule has 1 aromatic heterocycles. The molecule has 0 spiro atoms. The molecule has 0 aliphatic rings. The molecule has 0 radical (unpaired) electrons. The number of pyridine rings is 1. The molecule has 0 amide bonds. The van der Waals surface area contributed by atoms with Gasteiger partial charge in [-0.1, -0.05) is 55.5 Å². The second-order valence-corrected chi connectivity index (χ2v) is 7.01. The highest BCUT2D eigenvalue weighted by molar-refractivity contribution is 7.89. The van der Waals surface area contributed by atoms with Gasteiger partial charge in [0.15, 0.2) is 0 Å². The predicted molar refractivity (Wildman–Crippen MR) is 91.5 cm³/mol. The molecule has 0 saturated heterocycles. The van der Waals surface area contributed by atoms with Gasteiger partial charge in [-0.15, -0.1) is 0 Å². The molecular weight excluding hydrogens is 308 g/mol. The van der Waals surface area contributed by atoms with Crippen LogP contribution in [0, 0.1) is 0 Å². The van der Waals surface area contributed by atoms with Crippen LogP contribution in [0.5, 0.6) is 0 Å². The van der Waals surface area contributed by atoms with Gasteiger partial charge in [0.25, 0.3) is 0 Å². The van der Waals surface area contributed by atoms with E-state index in [1.807, 2.05) is 49.4 Å². The number of hydrogen-bond donors (Lipinski definition) is 1. The predicted octanol–water partition coefficient (Wildman–Crippen LogP) is 3.66. The fourth-order valence-electron chi connectivity index (χ4n) is 2.62. The zero-order valence-corrected chi connectivity index (χ0v) is 13.6. The van der Waals surface area contributed by atoms with Crippen molar-refractivity contribution in [1.82, 2.24) is 9.71 Å². The second-order valence-electron chi connectivity index (χ2n) is 5.32. The zero-order valence-electron chi connectivity index (χ0n) is 12.8. The molecule has 2 aromatic carbocycles. The molecule has 0 fully saturated rings. The van der Waals surface area contributed by atoms with Crippen molar-refractivity contribution in [3.63, 3.8) is 0 Å². The third kappa shape index (κ3) is 3.25. The highest BCUT2D eigenvalue weighted by Crippen LogP contribution is 2.24. The van der Waals surface area contributed by atoms with Gasteiger partial charge in [-0.3, -0.25) is 4.98 Å². The summed E-state index contributed by atoms with van der Waals surface area (Å²) in [7, 11) is -3.66. The molecule has 0 bridgehead atoms. The zero-order chi connectivity index (χ0) is 16.3. The second kappa shape index (κ2) is 6.48. The van der Waals surface area contributed by atoms with Crippen molar-refractivity contribution in [2.75, 3.05) is 0 Å². The van der Waals surface area contributed by atoms with Crippen molar-refractivity contribution >= 4 is 20.9 Å². The molecule has 1 atom stereocenters. The average Bonchev–Trinajstić information content (AvgIpc) is 2.60. The van der Waals surface area contributed by atoms with E-state index in [-0.39, 0.29) is 10.9 Å². The summed E-state index contributed by atoms with van der Waals surface area (Å²) >= 11 is 0. The quantitative estimate of drug-likeness (QED) is 0.778. The molecule has 23 heavy (non-hydrogen) atoms. The van der Waals surface area contributed by atoms with Gasteiger partial charge in [0.2, 0.25) is 10.0 Å². The lowest BCUT2D eigenvalue weighted by Crippen LogP contribution is -2.28. The van der Waals surface area contributed by atoms with Gasteiger partial charge in [-0.25, -0.2) is 13.1 Å². The van der Waals surface area contributed by atoms with Gasteiger partial charge in [-0.2, -0.15) is 0 Å². The minimum atomic E-state index is -3.66. The number of benzene rings is 2. The summed E-state index contributed by atoms with van der Waals surface area (Å²) in [5, 5.41) is 0.808. The number of hydrogen-bond acceptors (Lipinski definition) is 3. The van der Waals surface area contributed by atoms with Crippen LogP contribution in [0.2, 0.25) is 0 Å². The Bertz CT molecular complexity index is 903. The highest BCUT2D eigenvalue weighted by atomic mass is 32.2. The first-order valence-corrected chi connectivity index (χ1v) is 9.01. The van der Waals surface area contributed by atoms with Crippen LogP contribution in [0.1, 0.15) is 24.9 Å². The van der Waals surface area contributed by atoms with Crippen molar-refractivity contribution in [3.8, 4) is 0 Å². The smallest absolute Gasteiger partial charge is 0.243 e. The number of fused-ring (bicyclic) bond motifs is 1. The number of aromatic nitrogens is 1. The van der Waals surface area contributed by atoms with Gasteiger partial charge in [0, 0.05) is 17.6 Å². The van der Waals surface area contributed by atoms with E-state index < -0.39 is 10.0 Å². The molecule has 0 saturated carbocycles. The van der Waals surface area contributed by atoms with Gasteiger partial charge in [0.1, 0.15) is 4.90 Å². The van der Waals surface area contributed by atoms with Crippen molar-refractivity contribution < 1.29 is 8.42 Å². The first-order valence-electron chi connectivity index (χ1n) is 7.53. The van der Waals surface area contributed by atoms with E-state index in [1.165, 1.54) is 0 Å². The maximum absolute atomic E-state index is 12.8. The van der Waals surface area contributed by atoms with Crippen LogP contribution >= 0.6 is 0 Å². The number of nitrogens with one attached hydrogen (secondary N) is 1. The molecule has 1 N–H and O–H groups in total. The Morgan fingerprint density at radius 2 is 1.74 bits per heavy atom. The monoisotopic (exact) mass is 326 g/mol. The topological polar surface area (TPSA) is 59.1 Å². The third-order valence-electron chi connectivity index (χ3n) is 3.79. The van der Waals surface area contributed by atoms with E-state index in [1.54, 1.807) is 24.4 Å². The van der Waals surface area contributed by atoms with Crippen LogP contribution in [0.25, 0.3) is 10.9 Å². The lowest BCUT2D eigenvalue weighted by Gasteiger charge is -2.18. The van der Waals surface area contributed by atoms with Gasteiger partial charge in [0.05, 0.1) is 5.52 Å². The fourth-order valence-corrected chi connectivity index (χ4v) is 4.10. The normalized spacial score (nSPS) is 13.1. The van der Waals surface area contributed by atoms with E-state index in [9.17, 15) is 8.42 Å². The van der Waals surface area contributed by atoms with Gasteiger partial charge < -0.3 is 0 Å². The minimum Gasteiger partial charge on any atom is -0.255 e. The fraction of sp³-hybridized carbons (Fsp3) is 0.167. The number of nitrogens with zero attached hydrogens (tertiary/aromatic N) is 1. The van der Waals surface area contributed by atoms with Crippen molar-refractivity contribution in [2.45, 2.75) is 24.3 Å². The molecule has 0 aliphatic carbocycles. The standard InChI is InChI=1S/C18H18N2O2S/c1-2-16(14-8-4-3-5-9-14)20-23(21,22)17-12-6-10-15-11-7-13-19-18(15)17/h3-13,16,20H,2H2,1H3. The van der Waals surface area contributed by atoms with Gasteiger partial charge >= 0.3 is 0 Å². The maximum atomic E-state index is 12.8. The van der Waals surface area contributed by atoms with Crippen molar-refractivity contribution in [3.05, 3.63) is 72.4 Å². The number of para-hydroxylation sites is 1. The van der Waals surface area contributed by atoms with Crippen LogP contribution in [0.3, 0.4) is 0 Å². The molecule has 3 aromatic rings. The molecular formula is C18H18N2O2S. The molecule has 3 rings (SSSR count). The van der Waals surface area contributed by atoms with Crippen LogP contribution < -0.4 is 4.72 Å². The van der Waals surface area contributed by atoms with Crippen molar-refractivity contribution in [1.29, 1.82) is 0 Å². The van der Waals surface area contributed by atoms with E-state index in [0.717, 1.165) is 10.9 Å². The molecule has 4 nitrogen and oxygen atoms in total. The number of rotatable bonds is 5. The van der Waals surface area contributed by atoms with E-state index in [4.69, 9.17) is 0 Å². The number of sulfonamides is 1. The molecule has 5 heteroatoms. The Hall–Kier alpha value is -2.24. The lowest BCUT2D eigenvalue weighted by atomic mass is 10.1. The first kappa shape index (κ1) is 15.6. The SMILES string of the molecule is CCC(NS(=O)(=O)c1cccc2cccnc12)c1ccccc1. The molecule has 0 aliphatic heterocycles. The summed E-state index contributed by atoms with van der Waals surface area (Å²) < 4.78 is 28.5. The van der Waals surface area contributed by atoms with Crippen LogP contribution in [-0.4, -0.2) is 13.4 Å². The van der Waals surface area contributed by atoms with Crippen LogP contribution in [0.4, 0.5) is 0 Å². The minimum absolute atomic E-state index is 0.213. The third-order valence-corrected chi connectivity index (χ3v) is 5.30. The summed E-state index contributed by atoms with van der Waals surface area (Å²) in [6.45, 7) is 1.96. The van der Waals surface area contributed by atoms with Gasteiger partial charge in [-0.05, 0) is 24.1 Å². The van der Waals surface area contributed by atoms with Crippen LogP contribution in [0.15, 0.2) is 71.8 Å².